The second kappa shape index (κ2) is 5.22. The van der Waals surface area contributed by atoms with Crippen LogP contribution in [0.3, 0.4) is 0 Å². The molecule has 0 saturated heterocycles. The Hall–Kier alpha value is -1.82. The van der Waals surface area contributed by atoms with Crippen LogP contribution >= 0.6 is 11.3 Å². The van der Waals surface area contributed by atoms with Crippen molar-refractivity contribution in [3.8, 4) is 0 Å². The number of aromatic nitrogens is 1. The topological polar surface area (TPSA) is 42.0 Å². The van der Waals surface area contributed by atoms with E-state index in [4.69, 9.17) is 0 Å². The maximum Gasteiger partial charge on any atom is 0.266 e. The molecule has 6 heteroatoms. The molecule has 1 amide bonds. The number of carbonyl (C=O) groups excluding carboxylic acids is 1. The van der Waals surface area contributed by atoms with Crippen LogP contribution < -0.4 is 5.32 Å². The molecule has 0 atom stereocenters. The number of pyridine rings is 1. The minimum Gasteiger partial charge on any atom is -0.317 e. The van der Waals surface area contributed by atoms with Crippen LogP contribution in [0, 0.1) is 11.9 Å². The molecule has 0 aliphatic rings. The van der Waals surface area contributed by atoms with Gasteiger partial charge in [-0.1, -0.05) is 6.92 Å². The maximum atomic E-state index is 13.3. The van der Waals surface area contributed by atoms with E-state index < -0.39 is 17.8 Å². The van der Waals surface area contributed by atoms with E-state index in [1.54, 1.807) is 5.38 Å². The van der Waals surface area contributed by atoms with Gasteiger partial charge in [-0.3, -0.25) is 4.79 Å². The number of hydrogen-bond donors (Lipinski definition) is 1. The second-order valence-corrected chi connectivity index (χ2v) is 4.47. The number of carbonyl (C=O) groups is 1. The van der Waals surface area contributed by atoms with Crippen molar-refractivity contribution in [2.75, 3.05) is 5.32 Å². The number of anilines is 1. The zero-order chi connectivity index (χ0) is 13.1. The SMILES string of the molecule is CCc1ccsc1C(=O)Nc1ccc(F)nc1F. The fraction of sp³-hybridized carbons (Fsp3) is 0.167. The summed E-state index contributed by atoms with van der Waals surface area (Å²) in [7, 11) is 0. The third-order valence-corrected chi connectivity index (χ3v) is 3.35. The number of rotatable bonds is 3. The zero-order valence-corrected chi connectivity index (χ0v) is 10.4. The molecule has 0 fully saturated rings. The molecule has 1 N–H and O–H groups in total. The Morgan fingerprint density at radius 3 is 2.83 bits per heavy atom. The summed E-state index contributed by atoms with van der Waals surface area (Å²) < 4.78 is 25.9. The van der Waals surface area contributed by atoms with Gasteiger partial charge in [0.2, 0.25) is 11.9 Å². The van der Waals surface area contributed by atoms with Crippen molar-refractivity contribution < 1.29 is 13.6 Å². The smallest absolute Gasteiger partial charge is 0.266 e. The molecule has 2 aromatic rings. The van der Waals surface area contributed by atoms with Gasteiger partial charge in [0.15, 0.2) is 0 Å². The van der Waals surface area contributed by atoms with E-state index in [0.717, 1.165) is 24.1 Å². The summed E-state index contributed by atoms with van der Waals surface area (Å²) in [6, 6.07) is 3.99. The molecule has 2 aromatic heterocycles. The molecule has 0 saturated carbocycles. The van der Waals surface area contributed by atoms with E-state index in [9.17, 15) is 13.6 Å². The summed E-state index contributed by atoms with van der Waals surface area (Å²) >= 11 is 1.28. The van der Waals surface area contributed by atoms with Crippen LogP contribution in [0.5, 0.6) is 0 Å². The molecule has 0 radical (unpaired) electrons. The lowest BCUT2D eigenvalue weighted by Gasteiger charge is -2.05. The average Bonchev–Trinajstić information content (AvgIpc) is 2.81. The molecule has 2 rings (SSSR count). The lowest BCUT2D eigenvalue weighted by Crippen LogP contribution is -2.13. The fourth-order valence-corrected chi connectivity index (χ4v) is 2.39. The van der Waals surface area contributed by atoms with Crippen molar-refractivity contribution in [2.45, 2.75) is 13.3 Å². The Bertz CT molecular complexity index is 583. The lowest BCUT2D eigenvalue weighted by molar-refractivity contribution is 0.102. The number of thiophene rings is 1. The zero-order valence-electron chi connectivity index (χ0n) is 9.54. The third-order valence-electron chi connectivity index (χ3n) is 2.40. The van der Waals surface area contributed by atoms with Crippen molar-refractivity contribution in [1.82, 2.24) is 4.98 Å². The first-order valence-corrected chi connectivity index (χ1v) is 6.19. The van der Waals surface area contributed by atoms with Gasteiger partial charge >= 0.3 is 0 Å². The molecular formula is C12H10F2N2OS. The largest absolute Gasteiger partial charge is 0.317 e. The summed E-state index contributed by atoms with van der Waals surface area (Å²) in [4.78, 5) is 15.4. The Balaban J connectivity index is 2.21. The molecule has 3 nitrogen and oxygen atoms in total. The molecule has 0 unspecified atom stereocenters. The summed E-state index contributed by atoms with van der Waals surface area (Å²) in [5.41, 5.74) is 0.768. The maximum absolute atomic E-state index is 13.3. The van der Waals surface area contributed by atoms with Crippen LogP contribution in [0.25, 0.3) is 0 Å². The first-order valence-electron chi connectivity index (χ1n) is 5.31. The predicted octanol–water partition coefficient (Wildman–Crippen LogP) is 3.24. The van der Waals surface area contributed by atoms with Crippen LogP contribution in [0.2, 0.25) is 0 Å². The molecule has 18 heavy (non-hydrogen) atoms. The molecule has 94 valence electrons. The lowest BCUT2D eigenvalue weighted by atomic mass is 10.2. The monoisotopic (exact) mass is 268 g/mol. The Morgan fingerprint density at radius 2 is 2.17 bits per heavy atom. The van der Waals surface area contributed by atoms with Crippen molar-refractivity contribution >= 4 is 22.9 Å². The number of aryl methyl sites for hydroxylation is 1. The van der Waals surface area contributed by atoms with Gasteiger partial charge in [0.05, 0.1) is 10.6 Å². The number of hydrogen-bond acceptors (Lipinski definition) is 3. The van der Waals surface area contributed by atoms with Crippen LogP contribution in [0.15, 0.2) is 23.6 Å². The van der Waals surface area contributed by atoms with Gasteiger partial charge in [0, 0.05) is 0 Å². The molecule has 0 aliphatic carbocycles. The standard InChI is InChI=1S/C12H10F2N2OS/c1-2-7-5-6-18-10(7)12(17)15-8-3-4-9(13)16-11(8)14/h3-6H,2H2,1H3,(H,15,17). The van der Waals surface area contributed by atoms with Gasteiger partial charge in [-0.15, -0.1) is 11.3 Å². The normalized spacial score (nSPS) is 10.4. The fourth-order valence-electron chi connectivity index (χ4n) is 1.50. The van der Waals surface area contributed by atoms with Crippen molar-refractivity contribution in [2.24, 2.45) is 0 Å². The number of nitrogens with one attached hydrogen (secondary N) is 1. The highest BCUT2D eigenvalue weighted by atomic mass is 32.1. The Kier molecular flexibility index (Phi) is 3.66. The van der Waals surface area contributed by atoms with Crippen molar-refractivity contribution in [3.05, 3.63) is 45.9 Å². The third kappa shape index (κ3) is 2.53. The van der Waals surface area contributed by atoms with E-state index in [0.29, 0.717) is 4.88 Å². The first-order chi connectivity index (χ1) is 8.61. The highest BCUT2D eigenvalue weighted by molar-refractivity contribution is 7.12. The Labute approximate surface area is 106 Å². The number of halogens is 2. The highest BCUT2D eigenvalue weighted by Gasteiger charge is 2.14. The molecule has 2 heterocycles. The van der Waals surface area contributed by atoms with Crippen LogP contribution in [0.4, 0.5) is 14.5 Å². The second-order valence-electron chi connectivity index (χ2n) is 3.55. The first kappa shape index (κ1) is 12.6. The highest BCUT2D eigenvalue weighted by Crippen LogP contribution is 2.20. The predicted molar refractivity (Wildman–Crippen MR) is 65.8 cm³/mol. The summed E-state index contributed by atoms with van der Waals surface area (Å²) in [6.07, 6.45) is 0.719. The number of nitrogens with zero attached hydrogens (tertiary/aromatic N) is 1. The van der Waals surface area contributed by atoms with Gasteiger partial charge in [0.1, 0.15) is 0 Å². The molecule has 0 bridgehead atoms. The van der Waals surface area contributed by atoms with Crippen LogP contribution in [0.1, 0.15) is 22.2 Å². The summed E-state index contributed by atoms with van der Waals surface area (Å²) in [5, 5.41) is 4.18. The van der Waals surface area contributed by atoms with E-state index in [-0.39, 0.29) is 5.69 Å². The van der Waals surface area contributed by atoms with Crippen molar-refractivity contribution in [1.29, 1.82) is 0 Å². The van der Waals surface area contributed by atoms with Gasteiger partial charge in [-0.25, -0.2) is 0 Å². The van der Waals surface area contributed by atoms with Gasteiger partial charge in [-0.2, -0.15) is 13.8 Å². The van der Waals surface area contributed by atoms with E-state index in [1.807, 2.05) is 13.0 Å². The van der Waals surface area contributed by atoms with Gasteiger partial charge in [0.25, 0.3) is 5.91 Å². The van der Waals surface area contributed by atoms with Crippen molar-refractivity contribution in [3.63, 3.8) is 0 Å². The quantitative estimate of drug-likeness (QED) is 0.868. The molecule has 0 aromatic carbocycles. The van der Waals surface area contributed by atoms with Crippen LogP contribution in [-0.4, -0.2) is 10.9 Å². The molecule has 0 spiro atoms. The molecular weight excluding hydrogens is 258 g/mol. The van der Waals surface area contributed by atoms with E-state index in [1.165, 1.54) is 11.3 Å². The summed E-state index contributed by atoms with van der Waals surface area (Å²) in [6.45, 7) is 1.93. The van der Waals surface area contributed by atoms with Crippen LogP contribution in [-0.2, 0) is 6.42 Å². The Morgan fingerprint density at radius 1 is 1.39 bits per heavy atom. The minimum atomic E-state index is -1.03. The van der Waals surface area contributed by atoms with E-state index in [2.05, 4.69) is 10.3 Å². The minimum absolute atomic E-state index is 0.128. The average molecular weight is 268 g/mol. The van der Waals surface area contributed by atoms with Gasteiger partial charge in [-0.05, 0) is 35.6 Å². The molecule has 0 aliphatic heterocycles. The van der Waals surface area contributed by atoms with Gasteiger partial charge < -0.3 is 5.32 Å². The number of amides is 1. The summed E-state index contributed by atoms with van der Waals surface area (Å²) in [5.74, 6) is -2.36. The van der Waals surface area contributed by atoms with E-state index >= 15 is 0 Å².